The molecule has 0 saturated carbocycles. The van der Waals surface area contributed by atoms with Gasteiger partial charge in [-0.25, -0.2) is 0 Å². The molecular formula is C15H16N2O4S. The number of amides is 1. The Morgan fingerprint density at radius 1 is 1.09 bits per heavy atom. The number of anilines is 1. The second kappa shape index (κ2) is 6.59. The fourth-order valence-electron chi connectivity index (χ4n) is 1.69. The van der Waals surface area contributed by atoms with Gasteiger partial charge in [0.05, 0.1) is 6.54 Å². The molecule has 2 rings (SSSR count). The van der Waals surface area contributed by atoms with Gasteiger partial charge in [-0.05, 0) is 43.3 Å². The highest BCUT2D eigenvalue weighted by atomic mass is 32.2. The van der Waals surface area contributed by atoms with E-state index in [9.17, 15) is 13.2 Å². The number of nitrogens with one attached hydrogen (secondary N) is 1. The summed E-state index contributed by atoms with van der Waals surface area (Å²) in [5.41, 5.74) is 6.65. The quantitative estimate of drug-likeness (QED) is 0.816. The summed E-state index contributed by atoms with van der Waals surface area (Å²) < 4.78 is 29.3. The van der Waals surface area contributed by atoms with E-state index in [1.165, 1.54) is 24.3 Å². The lowest BCUT2D eigenvalue weighted by atomic mass is 10.2. The molecule has 2 aromatic carbocycles. The van der Waals surface area contributed by atoms with Crippen molar-refractivity contribution in [1.82, 2.24) is 0 Å². The summed E-state index contributed by atoms with van der Waals surface area (Å²) in [5.74, 6) is -0.113. The predicted molar refractivity (Wildman–Crippen MR) is 83.1 cm³/mol. The largest absolute Gasteiger partial charge is 0.379 e. The number of aryl methyl sites for hydroxylation is 1. The van der Waals surface area contributed by atoms with Gasteiger partial charge in [0.15, 0.2) is 0 Å². The fourth-order valence-corrected chi connectivity index (χ4v) is 2.62. The Morgan fingerprint density at radius 2 is 1.68 bits per heavy atom. The Bertz CT molecular complexity index is 753. The molecule has 1 amide bonds. The number of hydrogen-bond acceptors (Lipinski definition) is 5. The lowest BCUT2D eigenvalue weighted by Gasteiger charge is -2.08. The van der Waals surface area contributed by atoms with E-state index in [4.69, 9.17) is 9.92 Å². The van der Waals surface area contributed by atoms with Crippen LogP contribution in [-0.2, 0) is 14.9 Å². The van der Waals surface area contributed by atoms with Gasteiger partial charge in [-0.3, -0.25) is 4.79 Å². The average Bonchev–Trinajstić information content (AvgIpc) is 2.50. The second-order valence-electron chi connectivity index (χ2n) is 4.63. The van der Waals surface area contributed by atoms with Gasteiger partial charge in [-0.1, -0.05) is 17.7 Å². The van der Waals surface area contributed by atoms with E-state index in [1.54, 1.807) is 24.3 Å². The third-order valence-corrected chi connectivity index (χ3v) is 4.10. The number of rotatable bonds is 5. The minimum absolute atomic E-state index is 0.00109. The van der Waals surface area contributed by atoms with Crippen molar-refractivity contribution in [3.63, 3.8) is 0 Å². The van der Waals surface area contributed by atoms with Gasteiger partial charge in [-0.15, -0.1) is 0 Å². The molecule has 0 radical (unpaired) electrons. The molecule has 6 nitrogen and oxygen atoms in total. The SMILES string of the molecule is Cc1ccc(OS(=O)(=O)c2ccc(NC(=O)CN)cc2)cc1. The van der Waals surface area contributed by atoms with Gasteiger partial charge in [0, 0.05) is 5.69 Å². The molecule has 0 fully saturated rings. The second-order valence-corrected chi connectivity index (χ2v) is 6.17. The number of carbonyl (C=O) groups is 1. The first-order valence-electron chi connectivity index (χ1n) is 6.52. The van der Waals surface area contributed by atoms with Crippen LogP contribution in [0.3, 0.4) is 0 Å². The van der Waals surface area contributed by atoms with Crippen molar-refractivity contribution < 1.29 is 17.4 Å². The molecule has 22 heavy (non-hydrogen) atoms. The van der Waals surface area contributed by atoms with E-state index in [2.05, 4.69) is 5.32 Å². The van der Waals surface area contributed by atoms with Crippen LogP contribution in [0.1, 0.15) is 5.56 Å². The summed E-state index contributed by atoms with van der Waals surface area (Å²) in [6.45, 7) is 1.75. The Balaban J connectivity index is 2.15. The number of carbonyl (C=O) groups excluding carboxylic acids is 1. The maximum atomic E-state index is 12.1. The molecule has 0 spiro atoms. The van der Waals surface area contributed by atoms with Crippen molar-refractivity contribution in [1.29, 1.82) is 0 Å². The zero-order valence-electron chi connectivity index (χ0n) is 11.9. The molecule has 0 saturated heterocycles. The van der Waals surface area contributed by atoms with Crippen LogP contribution in [0.4, 0.5) is 5.69 Å². The molecule has 0 unspecified atom stereocenters. The van der Waals surface area contributed by atoms with E-state index in [1.807, 2.05) is 6.92 Å². The fraction of sp³-hybridized carbons (Fsp3) is 0.133. The van der Waals surface area contributed by atoms with Crippen molar-refractivity contribution in [2.75, 3.05) is 11.9 Å². The van der Waals surface area contributed by atoms with Crippen LogP contribution in [0, 0.1) is 6.92 Å². The van der Waals surface area contributed by atoms with Crippen LogP contribution in [0.2, 0.25) is 0 Å². The van der Waals surface area contributed by atoms with E-state index >= 15 is 0 Å². The molecule has 0 aromatic heterocycles. The monoisotopic (exact) mass is 320 g/mol. The van der Waals surface area contributed by atoms with Gasteiger partial charge in [0.1, 0.15) is 10.6 Å². The molecule has 0 aliphatic carbocycles. The Labute approximate surface area is 129 Å². The third-order valence-electron chi connectivity index (χ3n) is 2.84. The average molecular weight is 320 g/mol. The first-order chi connectivity index (χ1) is 10.4. The van der Waals surface area contributed by atoms with E-state index < -0.39 is 10.1 Å². The molecule has 0 bridgehead atoms. The van der Waals surface area contributed by atoms with Gasteiger partial charge in [0.2, 0.25) is 5.91 Å². The molecule has 2 aromatic rings. The van der Waals surface area contributed by atoms with Crippen molar-refractivity contribution in [3.05, 3.63) is 54.1 Å². The summed E-state index contributed by atoms with van der Waals surface area (Å²) in [7, 11) is -3.91. The predicted octanol–water partition coefficient (Wildman–Crippen LogP) is 1.66. The summed E-state index contributed by atoms with van der Waals surface area (Å²) in [4.78, 5) is 11.2. The van der Waals surface area contributed by atoms with Crippen molar-refractivity contribution in [3.8, 4) is 5.75 Å². The van der Waals surface area contributed by atoms with Gasteiger partial charge >= 0.3 is 10.1 Å². The molecule has 7 heteroatoms. The maximum Gasteiger partial charge on any atom is 0.339 e. The minimum Gasteiger partial charge on any atom is -0.379 e. The van der Waals surface area contributed by atoms with E-state index in [-0.39, 0.29) is 23.1 Å². The third kappa shape index (κ3) is 4.06. The van der Waals surface area contributed by atoms with Crippen LogP contribution < -0.4 is 15.2 Å². The van der Waals surface area contributed by atoms with Crippen LogP contribution in [0.25, 0.3) is 0 Å². The Morgan fingerprint density at radius 3 is 2.23 bits per heavy atom. The zero-order valence-corrected chi connectivity index (χ0v) is 12.8. The molecule has 0 aliphatic rings. The summed E-state index contributed by atoms with van der Waals surface area (Å²) in [5, 5.41) is 2.53. The van der Waals surface area contributed by atoms with E-state index in [0.29, 0.717) is 5.69 Å². The first kappa shape index (κ1) is 16.0. The highest BCUT2D eigenvalue weighted by molar-refractivity contribution is 7.87. The number of nitrogens with two attached hydrogens (primary N) is 1. The highest BCUT2D eigenvalue weighted by Crippen LogP contribution is 2.20. The normalized spacial score (nSPS) is 11.0. The number of benzene rings is 2. The molecule has 116 valence electrons. The van der Waals surface area contributed by atoms with Crippen LogP contribution in [0.15, 0.2) is 53.4 Å². The zero-order chi connectivity index (χ0) is 16.2. The van der Waals surface area contributed by atoms with Gasteiger partial charge in [-0.2, -0.15) is 8.42 Å². The molecule has 0 aliphatic heterocycles. The first-order valence-corrected chi connectivity index (χ1v) is 7.93. The Kier molecular flexibility index (Phi) is 4.79. The van der Waals surface area contributed by atoms with Crippen LogP contribution in [0.5, 0.6) is 5.75 Å². The van der Waals surface area contributed by atoms with E-state index in [0.717, 1.165) is 5.56 Å². The van der Waals surface area contributed by atoms with Crippen molar-refractivity contribution in [2.24, 2.45) is 5.73 Å². The molecule has 0 atom stereocenters. The van der Waals surface area contributed by atoms with Crippen molar-refractivity contribution in [2.45, 2.75) is 11.8 Å². The van der Waals surface area contributed by atoms with Gasteiger partial charge < -0.3 is 15.2 Å². The summed E-state index contributed by atoms with van der Waals surface area (Å²) in [6.07, 6.45) is 0. The Hall–Kier alpha value is -2.38. The topological polar surface area (TPSA) is 98.5 Å². The standard InChI is InChI=1S/C15H16N2O4S/c1-11-2-6-13(7-3-11)21-22(19,20)14-8-4-12(5-9-14)17-15(18)10-16/h2-9H,10,16H2,1H3,(H,17,18). The van der Waals surface area contributed by atoms with Crippen LogP contribution in [-0.4, -0.2) is 20.9 Å². The summed E-state index contributed by atoms with van der Waals surface area (Å²) in [6, 6.07) is 12.3. The lowest BCUT2D eigenvalue weighted by molar-refractivity contribution is -0.114. The van der Waals surface area contributed by atoms with Crippen molar-refractivity contribution >= 4 is 21.7 Å². The van der Waals surface area contributed by atoms with Gasteiger partial charge in [0.25, 0.3) is 0 Å². The summed E-state index contributed by atoms with van der Waals surface area (Å²) >= 11 is 0. The molecular weight excluding hydrogens is 304 g/mol. The maximum absolute atomic E-state index is 12.1. The smallest absolute Gasteiger partial charge is 0.339 e. The molecule has 3 N–H and O–H groups in total. The number of hydrogen-bond donors (Lipinski definition) is 2. The van der Waals surface area contributed by atoms with Crippen LogP contribution >= 0.6 is 0 Å². The minimum atomic E-state index is -3.91. The lowest BCUT2D eigenvalue weighted by Crippen LogP contribution is -2.21. The highest BCUT2D eigenvalue weighted by Gasteiger charge is 2.16. The molecule has 0 heterocycles.